The van der Waals surface area contributed by atoms with Gasteiger partial charge in [0.05, 0.1) is 0 Å². The Morgan fingerprint density at radius 3 is 1.65 bits per heavy atom. The fraction of sp³-hybridized carbons (Fsp3) is 0.250. The van der Waals surface area contributed by atoms with Crippen LogP contribution in [-0.4, -0.2) is 0 Å². The lowest BCUT2D eigenvalue weighted by molar-refractivity contribution is 0.513. The molecule has 0 amide bonds. The molecule has 0 saturated heterocycles. The SMILES string of the molecule is c1ccc2c(c1)CNC2N=NC1NCc2ccccc21. The Hall–Kier alpha value is -2.04. The topological polar surface area (TPSA) is 48.8 Å². The predicted octanol–water partition coefficient (Wildman–Crippen LogP) is 3.04. The summed E-state index contributed by atoms with van der Waals surface area (Å²) in [4.78, 5) is 0. The molecule has 100 valence electrons. The third kappa shape index (κ3) is 1.94. The van der Waals surface area contributed by atoms with Gasteiger partial charge in [0.1, 0.15) is 12.3 Å². The molecule has 2 N–H and O–H groups in total. The largest absolute Gasteiger partial charge is 0.286 e. The van der Waals surface area contributed by atoms with Crippen LogP contribution in [0.3, 0.4) is 0 Å². The smallest absolute Gasteiger partial charge is 0.147 e. The molecule has 0 bridgehead atoms. The summed E-state index contributed by atoms with van der Waals surface area (Å²) in [6.07, 6.45) is -0.0264. The van der Waals surface area contributed by atoms with Gasteiger partial charge < -0.3 is 0 Å². The van der Waals surface area contributed by atoms with Crippen molar-refractivity contribution < 1.29 is 0 Å². The van der Waals surface area contributed by atoms with Crippen molar-refractivity contribution in [1.82, 2.24) is 10.6 Å². The van der Waals surface area contributed by atoms with Gasteiger partial charge in [-0.1, -0.05) is 48.5 Å². The molecule has 2 aliphatic heterocycles. The van der Waals surface area contributed by atoms with E-state index in [4.69, 9.17) is 0 Å². The molecule has 0 aliphatic carbocycles. The van der Waals surface area contributed by atoms with Gasteiger partial charge in [-0.05, 0) is 22.3 Å². The summed E-state index contributed by atoms with van der Waals surface area (Å²) in [5, 5.41) is 15.8. The Morgan fingerprint density at radius 2 is 1.15 bits per heavy atom. The van der Waals surface area contributed by atoms with E-state index in [1.165, 1.54) is 22.3 Å². The minimum Gasteiger partial charge on any atom is -0.286 e. The van der Waals surface area contributed by atoms with Crippen LogP contribution in [0.2, 0.25) is 0 Å². The van der Waals surface area contributed by atoms with E-state index in [9.17, 15) is 0 Å². The molecule has 4 nitrogen and oxygen atoms in total. The molecule has 2 unspecified atom stereocenters. The fourth-order valence-corrected chi connectivity index (χ4v) is 2.90. The van der Waals surface area contributed by atoms with Crippen LogP contribution in [0, 0.1) is 0 Å². The van der Waals surface area contributed by atoms with Gasteiger partial charge in [0, 0.05) is 13.1 Å². The summed E-state index contributed by atoms with van der Waals surface area (Å²) in [6, 6.07) is 16.8. The number of nitrogens with one attached hydrogen (secondary N) is 2. The number of hydrogen-bond donors (Lipinski definition) is 2. The van der Waals surface area contributed by atoms with Crippen molar-refractivity contribution in [2.24, 2.45) is 10.2 Å². The Kier molecular flexibility index (Phi) is 2.83. The first-order chi connectivity index (χ1) is 9.92. The highest BCUT2D eigenvalue weighted by atomic mass is 15.3. The van der Waals surface area contributed by atoms with E-state index in [1.54, 1.807) is 0 Å². The van der Waals surface area contributed by atoms with Crippen molar-refractivity contribution in [2.45, 2.75) is 25.4 Å². The van der Waals surface area contributed by atoms with Crippen molar-refractivity contribution in [3.63, 3.8) is 0 Å². The van der Waals surface area contributed by atoms with E-state index in [1.807, 2.05) is 0 Å². The number of azo groups is 1. The molecule has 0 radical (unpaired) electrons. The number of benzene rings is 2. The van der Waals surface area contributed by atoms with Crippen molar-refractivity contribution >= 4 is 0 Å². The number of hydrogen-bond acceptors (Lipinski definition) is 4. The lowest BCUT2D eigenvalue weighted by Crippen LogP contribution is -2.12. The van der Waals surface area contributed by atoms with Gasteiger partial charge in [-0.15, -0.1) is 0 Å². The lowest BCUT2D eigenvalue weighted by Gasteiger charge is -2.08. The average molecular weight is 264 g/mol. The molecule has 2 aromatic rings. The van der Waals surface area contributed by atoms with Gasteiger partial charge in [-0.2, -0.15) is 10.2 Å². The summed E-state index contributed by atoms with van der Waals surface area (Å²) in [5.41, 5.74) is 5.11. The van der Waals surface area contributed by atoms with Crippen LogP contribution in [0.15, 0.2) is 58.8 Å². The van der Waals surface area contributed by atoms with Gasteiger partial charge in [0.2, 0.25) is 0 Å². The molecule has 0 aromatic heterocycles. The maximum atomic E-state index is 4.50. The molecule has 4 rings (SSSR count). The first-order valence-electron chi connectivity index (χ1n) is 6.94. The average Bonchev–Trinajstić information content (AvgIpc) is 3.09. The number of nitrogens with zero attached hydrogens (tertiary/aromatic N) is 2. The molecule has 0 fully saturated rings. The second-order valence-electron chi connectivity index (χ2n) is 5.20. The standard InChI is InChI=1S/C16H16N4/c1-3-7-13-11(5-1)9-17-15(13)19-20-16-14-8-4-2-6-12(14)10-18-16/h1-8,15-18H,9-10H2. The zero-order valence-corrected chi connectivity index (χ0v) is 11.1. The molecule has 2 atom stereocenters. The van der Waals surface area contributed by atoms with Crippen molar-refractivity contribution in [3.05, 3.63) is 70.8 Å². The van der Waals surface area contributed by atoms with E-state index in [0.717, 1.165) is 13.1 Å². The molecular weight excluding hydrogens is 248 g/mol. The monoisotopic (exact) mass is 264 g/mol. The highest BCUT2D eigenvalue weighted by molar-refractivity contribution is 5.34. The normalized spacial score (nSPS) is 24.0. The summed E-state index contributed by atoms with van der Waals surface area (Å²) in [6.45, 7) is 1.74. The van der Waals surface area contributed by atoms with E-state index >= 15 is 0 Å². The zero-order valence-electron chi connectivity index (χ0n) is 11.1. The molecule has 2 heterocycles. The summed E-state index contributed by atoms with van der Waals surface area (Å²) in [7, 11) is 0. The summed E-state index contributed by atoms with van der Waals surface area (Å²) in [5.74, 6) is 0. The molecule has 0 spiro atoms. The summed E-state index contributed by atoms with van der Waals surface area (Å²) < 4.78 is 0. The van der Waals surface area contributed by atoms with Gasteiger partial charge >= 0.3 is 0 Å². The van der Waals surface area contributed by atoms with Gasteiger partial charge in [-0.25, -0.2) is 0 Å². The van der Waals surface area contributed by atoms with E-state index in [2.05, 4.69) is 69.4 Å². The minimum atomic E-state index is -0.0132. The Balaban J connectivity index is 1.56. The number of rotatable bonds is 2. The van der Waals surface area contributed by atoms with Gasteiger partial charge in [0.15, 0.2) is 0 Å². The third-order valence-corrected chi connectivity index (χ3v) is 3.97. The summed E-state index contributed by atoms with van der Waals surface area (Å²) >= 11 is 0. The van der Waals surface area contributed by atoms with E-state index in [-0.39, 0.29) is 12.3 Å². The second kappa shape index (κ2) is 4.81. The van der Waals surface area contributed by atoms with Gasteiger partial charge in [-0.3, -0.25) is 10.6 Å². The first-order valence-corrected chi connectivity index (χ1v) is 6.94. The highest BCUT2D eigenvalue weighted by Gasteiger charge is 2.23. The van der Waals surface area contributed by atoms with Crippen LogP contribution in [0.25, 0.3) is 0 Å². The zero-order chi connectivity index (χ0) is 13.4. The molecule has 2 aliphatic rings. The van der Waals surface area contributed by atoms with Crippen LogP contribution < -0.4 is 10.6 Å². The third-order valence-electron chi connectivity index (χ3n) is 3.97. The Labute approximate surface area is 117 Å². The van der Waals surface area contributed by atoms with Crippen LogP contribution in [0.1, 0.15) is 34.6 Å². The molecule has 20 heavy (non-hydrogen) atoms. The highest BCUT2D eigenvalue weighted by Crippen LogP contribution is 2.30. The van der Waals surface area contributed by atoms with Crippen LogP contribution in [0.5, 0.6) is 0 Å². The number of fused-ring (bicyclic) bond motifs is 2. The molecule has 2 aromatic carbocycles. The quantitative estimate of drug-likeness (QED) is 0.819. The van der Waals surface area contributed by atoms with Crippen LogP contribution >= 0.6 is 0 Å². The van der Waals surface area contributed by atoms with Crippen LogP contribution in [0.4, 0.5) is 0 Å². The maximum Gasteiger partial charge on any atom is 0.147 e. The Bertz CT molecular complexity index is 608. The second-order valence-corrected chi connectivity index (χ2v) is 5.20. The lowest BCUT2D eigenvalue weighted by atomic mass is 10.1. The van der Waals surface area contributed by atoms with Crippen molar-refractivity contribution in [3.8, 4) is 0 Å². The fourth-order valence-electron chi connectivity index (χ4n) is 2.90. The molecule has 0 saturated carbocycles. The van der Waals surface area contributed by atoms with E-state index < -0.39 is 0 Å². The van der Waals surface area contributed by atoms with Crippen molar-refractivity contribution in [1.29, 1.82) is 0 Å². The van der Waals surface area contributed by atoms with Crippen LogP contribution in [-0.2, 0) is 13.1 Å². The molecule has 4 heteroatoms. The first kappa shape index (κ1) is 11.8. The minimum absolute atomic E-state index is 0.0132. The van der Waals surface area contributed by atoms with E-state index in [0.29, 0.717) is 0 Å². The molecular formula is C16H16N4. The predicted molar refractivity (Wildman–Crippen MR) is 76.9 cm³/mol. The van der Waals surface area contributed by atoms with Gasteiger partial charge in [0.25, 0.3) is 0 Å². The Morgan fingerprint density at radius 1 is 0.700 bits per heavy atom. The maximum absolute atomic E-state index is 4.50. The van der Waals surface area contributed by atoms with Crippen molar-refractivity contribution in [2.75, 3.05) is 0 Å².